The van der Waals surface area contributed by atoms with Crippen molar-refractivity contribution in [3.63, 3.8) is 0 Å². The van der Waals surface area contributed by atoms with Crippen molar-refractivity contribution in [3.8, 4) is 50.2 Å². The van der Waals surface area contributed by atoms with E-state index < -0.39 is 115 Å². The molecular weight excluding hydrogens is 629 g/mol. The van der Waals surface area contributed by atoms with Gasteiger partial charge in [-0.3, -0.25) is 4.57 Å². The fourth-order valence-electron chi connectivity index (χ4n) is 7.49. The maximum absolute atomic E-state index is 9.95. The molecule has 0 bridgehead atoms. The molecule has 1 aliphatic carbocycles. The van der Waals surface area contributed by atoms with Gasteiger partial charge in [0.2, 0.25) is 0 Å². The van der Waals surface area contributed by atoms with Gasteiger partial charge in [0.1, 0.15) is 5.82 Å². The van der Waals surface area contributed by atoms with E-state index in [4.69, 9.17) is 17.8 Å². The second kappa shape index (κ2) is 11.6. The lowest BCUT2D eigenvalue weighted by Gasteiger charge is -2.23. The molecule has 0 atom stereocenters. The van der Waals surface area contributed by atoms with Crippen molar-refractivity contribution in [2.24, 2.45) is 0 Å². The molecule has 1 aromatic heterocycles. The summed E-state index contributed by atoms with van der Waals surface area (Å²) in [7, 11) is 0. The van der Waals surface area contributed by atoms with Crippen LogP contribution in [-0.2, 0) is 11.8 Å². The van der Waals surface area contributed by atoms with E-state index >= 15 is 0 Å². The molecular formula is C50H38N2. The lowest BCUT2D eigenvalue weighted by atomic mass is 9.80. The minimum absolute atomic E-state index is 0.0211. The van der Waals surface area contributed by atoms with Crippen molar-refractivity contribution < 1.29 is 27.4 Å². The van der Waals surface area contributed by atoms with E-state index in [0.717, 1.165) is 0 Å². The molecule has 0 spiro atoms. The molecule has 0 N–H and O–H groups in total. The summed E-state index contributed by atoms with van der Waals surface area (Å²) in [5, 5.41) is -1.09. The number of aryl methyl sites for hydroxylation is 1. The lowest BCUT2D eigenvalue weighted by molar-refractivity contribution is 0.660. The first-order valence-corrected chi connectivity index (χ1v) is 16.6. The smallest absolute Gasteiger partial charge is 0.114 e. The number of hydrogen-bond acceptors (Lipinski definition) is 1. The zero-order valence-corrected chi connectivity index (χ0v) is 27.8. The topological polar surface area (TPSA) is 17.8 Å². The van der Waals surface area contributed by atoms with Crippen molar-refractivity contribution in [1.29, 1.82) is 0 Å². The van der Waals surface area contributed by atoms with Crippen LogP contribution in [0.2, 0.25) is 0 Å². The van der Waals surface area contributed by atoms with Gasteiger partial charge in [-0.25, -0.2) is 4.98 Å². The molecule has 1 aliphatic rings. The Morgan fingerprint density at radius 3 is 1.98 bits per heavy atom. The summed E-state index contributed by atoms with van der Waals surface area (Å²) >= 11 is 0. The molecule has 2 nitrogen and oxygen atoms in total. The van der Waals surface area contributed by atoms with Gasteiger partial charge < -0.3 is 0 Å². The van der Waals surface area contributed by atoms with Crippen LogP contribution < -0.4 is 0 Å². The zero-order valence-electron chi connectivity index (χ0n) is 47.8. The second-order valence-electron chi connectivity index (χ2n) is 13.1. The van der Waals surface area contributed by atoms with Gasteiger partial charge >= 0.3 is 0 Å². The van der Waals surface area contributed by atoms with Crippen molar-refractivity contribution in [3.05, 3.63) is 180 Å². The number of benzene rings is 8. The molecule has 0 aliphatic heterocycles. The van der Waals surface area contributed by atoms with E-state index in [1.807, 2.05) is 0 Å². The van der Waals surface area contributed by atoms with Crippen LogP contribution in [0, 0.1) is 0 Å². The summed E-state index contributed by atoms with van der Waals surface area (Å²) in [5.41, 5.74) is 0.0622. The molecule has 8 aromatic carbocycles. The Balaban J connectivity index is 1.31. The van der Waals surface area contributed by atoms with Crippen molar-refractivity contribution in [2.75, 3.05) is 0 Å². The number of aromatic nitrogens is 2. The standard InChI is InChI=1S/C50H38N2/c1-4-47-51-45-25-11-12-26-46(45)52(47)36-18-14-16-33(30-36)32-15-13-17-34(29-32)48-39-20-5-7-22-41(39)49(42-23-8-6-21-40(42)48)35-27-28-38-37-19-9-10-24-43(37)50(2,3)44(38)31-35/h5-31H,4H2,1-3H3/i1D3,4D2,5D,6D,7D,8D,9D,10D,19D,20D,21D,22D,23D,24D,27D,28D,31D. The van der Waals surface area contributed by atoms with Gasteiger partial charge in [-0.2, -0.15) is 0 Å². The third kappa shape index (κ3) is 4.54. The molecule has 0 amide bonds. The highest BCUT2D eigenvalue weighted by Crippen LogP contribution is 2.51. The highest BCUT2D eigenvalue weighted by molar-refractivity contribution is 6.21. The van der Waals surface area contributed by atoms with E-state index in [1.54, 1.807) is 86.6 Å². The Kier molecular flexibility index (Phi) is 3.67. The minimum Gasteiger partial charge on any atom is -0.296 e. The van der Waals surface area contributed by atoms with Crippen molar-refractivity contribution in [2.45, 2.75) is 32.5 Å². The first-order valence-electron chi connectivity index (χ1n) is 26.6. The van der Waals surface area contributed by atoms with Crippen LogP contribution in [0.4, 0.5) is 0 Å². The van der Waals surface area contributed by atoms with Crippen LogP contribution in [0.15, 0.2) is 163 Å². The van der Waals surface area contributed by atoms with Crippen LogP contribution in [-0.4, -0.2) is 9.55 Å². The molecule has 1 heterocycles. The Morgan fingerprint density at radius 2 is 1.23 bits per heavy atom. The molecule has 0 unspecified atom stereocenters. The van der Waals surface area contributed by atoms with E-state index in [-0.39, 0.29) is 66.3 Å². The molecule has 0 fully saturated rings. The maximum Gasteiger partial charge on any atom is 0.114 e. The third-order valence-electron chi connectivity index (χ3n) is 9.89. The third-order valence-corrected chi connectivity index (χ3v) is 9.89. The van der Waals surface area contributed by atoms with Crippen LogP contribution in [0.5, 0.6) is 0 Å². The van der Waals surface area contributed by atoms with Crippen molar-refractivity contribution >= 4 is 32.6 Å². The van der Waals surface area contributed by atoms with E-state index in [9.17, 15) is 9.60 Å². The van der Waals surface area contributed by atoms with Gasteiger partial charge in [-0.15, -0.1) is 0 Å². The van der Waals surface area contributed by atoms with Crippen LogP contribution in [0.3, 0.4) is 0 Å². The summed E-state index contributed by atoms with van der Waals surface area (Å²) in [4.78, 5) is 4.43. The SMILES string of the molecule is [2H]c1c([2H])c([2H])c2c(c1[2H])-c1c([2H])c([2H])c(-c3c4c([2H])c([2H])c([2H])c([2H])c4c(-c4cccc(-c5cccc(-n6c(C([2H])([2H])C([2H])([2H])[2H])nc7ccccc76)c5)c4)c4c([2H])c([2H])c([2H])c([2H])c34)c([2H])c1C2(C)C. The summed E-state index contributed by atoms with van der Waals surface area (Å²) < 4.78 is 181. The monoisotopic (exact) mass is 686 g/mol. The van der Waals surface area contributed by atoms with Crippen LogP contribution in [0.1, 0.15) is 65.1 Å². The highest BCUT2D eigenvalue weighted by atomic mass is 15.1. The van der Waals surface area contributed by atoms with E-state index in [1.165, 1.54) is 4.57 Å². The Hall–Kier alpha value is -6.25. The van der Waals surface area contributed by atoms with Gasteiger partial charge in [0.05, 0.1) is 31.6 Å². The predicted octanol–water partition coefficient (Wildman–Crippen LogP) is 13.2. The Labute approximate surface area is 332 Å². The van der Waals surface area contributed by atoms with Gasteiger partial charge in [0.25, 0.3) is 0 Å². The van der Waals surface area contributed by atoms with Gasteiger partial charge in [-0.1, -0.05) is 148 Å². The average Bonchev–Trinajstić information content (AvgIpc) is 3.86. The average molecular weight is 687 g/mol. The van der Waals surface area contributed by atoms with E-state index in [0.29, 0.717) is 27.8 Å². The molecule has 9 aromatic rings. The molecule has 248 valence electrons. The number of rotatable bonds is 5. The second-order valence-corrected chi connectivity index (χ2v) is 13.1. The molecule has 2 heteroatoms. The maximum atomic E-state index is 9.95. The molecule has 52 heavy (non-hydrogen) atoms. The summed E-state index contributed by atoms with van der Waals surface area (Å²) in [6.45, 7) is 0.114. The normalized spacial score (nSPS) is 19.1. The fourth-order valence-corrected chi connectivity index (χ4v) is 7.49. The van der Waals surface area contributed by atoms with Gasteiger partial charge in [0, 0.05) is 24.3 Å². The predicted molar refractivity (Wildman–Crippen MR) is 219 cm³/mol. The van der Waals surface area contributed by atoms with Gasteiger partial charge in [-0.05, 0) is 114 Å². The number of nitrogens with zero attached hydrogens (tertiary/aromatic N) is 2. The number of imidazole rings is 1. The Bertz CT molecular complexity index is 3850. The number of hydrogen-bond donors (Lipinski definition) is 0. The number of para-hydroxylation sites is 2. The van der Waals surface area contributed by atoms with Crippen molar-refractivity contribution in [1.82, 2.24) is 9.55 Å². The quantitative estimate of drug-likeness (QED) is 0.165. The first kappa shape index (κ1) is 16.4. The summed E-state index contributed by atoms with van der Waals surface area (Å²) in [6.07, 6.45) is -2.89. The molecule has 0 saturated heterocycles. The summed E-state index contributed by atoms with van der Waals surface area (Å²) in [6, 6.07) is 10.9. The molecule has 10 rings (SSSR count). The minimum atomic E-state index is -3.10. The van der Waals surface area contributed by atoms with Crippen LogP contribution in [0.25, 0.3) is 82.8 Å². The molecule has 0 radical (unpaired) electrons. The van der Waals surface area contributed by atoms with E-state index in [2.05, 4.69) is 4.98 Å². The molecule has 0 saturated carbocycles. The Morgan fingerprint density at radius 1 is 0.615 bits per heavy atom. The van der Waals surface area contributed by atoms with Gasteiger partial charge in [0.15, 0.2) is 0 Å². The number of fused-ring (bicyclic) bond motifs is 6. The highest BCUT2D eigenvalue weighted by Gasteiger charge is 2.35. The fraction of sp³-hybridized carbons (Fsp3) is 0.100. The summed E-state index contributed by atoms with van der Waals surface area (Å²) in [5.74, 6) is -0.358. The first-order chi connectivity index (χ1) is 33.7. The lowest BCUT2D eigenvalue weighted by Crippen LogP contribution is -2.14. The van der Waals surface area contributed by atoms with Crippen LogP contribution >= 0.6 is 0 Å². The zero-order chi connectivity index (χ0) is 52.3. The largest absolute Gasteiger partial charge is 0.296 e.